The second-order valence-electron chi connectivity index (χ2n) is 3.40. The normalized spacial score (nSPS) is 12.4. The van der Waals surface area contributed by atoms with Crippen LogP contribution in [0.3, 0.4) is 0 Å². The molecule has 0 atom stereocenters. The van der Waals surface area contributed by atoms with Gasteiger partial charge in [-0.25, -0.2) is 0 Å². The van der Waals surface area contributed by atoms with Crippen molar-refractivity contribution in [3.8, 4) is 17.2 Å². The summed E-state index contributed by atoms with van der Waals surface area (Å²) in [5.74, 6) is 0. The Hall–Kier alpha value is -2.76. The molecule has 0 saturated carbocycles. The van der Waals surface area contributed by atoms with Crippen LogP contribution in [-0.4, -0.2) is 0 Å². The summed E-state index contributed by atoms with van der Waals surface area (Å²) in [5.41, 5.74) is 9.07. The molecule has 0 aliphatic rings. The number of rotatable bonds is 3. The van der Waals surface area contributed by atoms with E-state index in [1.165, 1.54) is 0 Å². The number of nitriles is 1. The number of hydrogen-bond donors (Lipinski definition) is 0. The average molecular weight is 238 g/mol. The molecule has 4 nitrogen and oxygen atoms in total. The van der Waals surface area contributed by atoms with Gasteiger partial charge in [-0.3, -0.25) is 0 Å². The van der Waals surface area contributed by atoms with Crippen molar-refractivity contribution in [1.82, 2.24) is 0 Å². The van der Waals surface area contributed by atoms with Gasteiger partial charge in [0.15, 0.2) is 0 Å². The third-order valence-electron chi connectivity index (χ3n) is 2.29. The summed E-state index contributed by atoms with van der Waals surface area (Å²) in [7, 11) is 0. The topological polar surface area (TPSA) is 72.5 Å². The summed E-state index contributed by atoms with van der Waals surface area (Å²) in [4.78, 5) is 2.57. The van der Waals surface area contributed by atoms with Crippen molar-refractivity contribution in [2.45, 2.75) is 6.54 Å². The zero-order valence-electron chi connectivity index (χ0n) is 13.3. The smallest absolute Gasteiger partial charge is 0.0998 e. The predicted octanol–water partition coefficient (Wildman–Crippen LogP) is 4.04. The van der Waals surface area contributed by atoms with Crippen molar-refractivity contribution < 1.29 is 5.48 Å². The van der Waals surface area contributed by atoms with Crippen molar-refractivity contribution >= 4 is 0 Å². The maximum atomic E-state index is 9.15. The highest BCUT2D eigenvalue weighted by Gasteiger charge is 2.03. The van der Waals surface area contributed by atoms with Crippen LogP contribution in [0.5, 0.6) is 0 Å². The zero-order chi connectivity index (χ0) is 16.3. The van der Waals surface area contributed by atoms with E-state index in [0.29, 0.717) is 5.56 Å². The van der Waals surface area contributed by atoms with Crippen molar-refractivity contribution in [2.75, 3.05) is 0 Å². The SMILES string of the molecule is [2H]c1c([2H])c(-c2ccccc2C#N)c([2H])c([2H])c1CN=[N+]=[N-]. The molecule has 0 amide bonds. The molecule has 4 heteroatoms. The second-order valence-corrected chi connectivity index (χ2v) is 3.40. The zero-order valence-corrected chi connectivity index (χ0v) is 9.31. The van der Waals surface area contributed by atoms with Crippen molar-refractivity contribution in [1.29, 1.82) is 5.26 Å². The van der Waals surface area contributed by atoms with Gasteiger partial charge in [0.25, 0.3) is 0 Å². The Morgan fingerprint density at radius 2 is 2.00 bits per heavy atom. The van der Waals surface area contributed by atoms with E-state index in [0.717, 1.165) is 0 Å². The predicted molar refractivity (Wildman–Crippen MR) is 69.4 cm³/mol. The Morgan fingerprint density at radius 1 is 1.28 bits per heavy atom. The van der Waals surface area contributed by atoms with Crippen LogP contribution < -0.4 is 0 Å². The first kappa shape index (κ1) is 7.54. The van der Waals surface area contributed by atoms with Crippen LogP contribution in [0.1, 0.15) is 16.6 Å². The quantitative estimate of drug-likeness (QED) is 0.452. The van der Waals surface area contributed by atoms with Gasteiger partial charge in [-0.1, -0.05) is 47.5 Å². The molecule has 0 bridgehead atoms. The monoisotopic (exact) mass is 238 g/mol. The van der Waals surface area contributed by atoms with Gasteiger partial charge in [-0.15, -0.1) is 0 Å². The highest BCUT2D eigenvalue weighted by atomic mass is 15.1. The number of benzene rings is 2. The Labute approximate surface area is 110 Å². The van der Waals surface area contributed by atoms with Crippen LogP contribution in [0.4, 0.5) is 0 Å². The van der Waals surface area contributed by atoms with Crippen LogP contribution in [0.25, 0.3) is 21.6 Å². The lowest BCUT2D eigenvalue weighted by molar-refractivity contribution is 1.05. The largest absolute Gasteiger partial charge is 0.192 e. The van der Waals surface area contributed by atoms with Crippen LogP contribution in [0, 0.1) is 11.3 Å². The van der Waals surface area contributed by atoms with E-state index >= 15 is 0 Å². The summed E-state index contributed by atoms with van der Waals surface area (Å²) in [5, 5.41) is 12.5. The molecule has 0 saturated heterocycles. The Balaban J connectivity index is 2.80. The van der Waals surface area contributed by atoms with Crippen molar-refractivity contribution in [3.63, 3.8) is 0 Å². The van der Waals surface area contributed by atoms with E-state index in [1.54, 1.807) is 24.3 Å². The molecule has 2 rings (SSSR count). The van der Waals surface area contributed by atoms with Crippen LogP contribution in [0.15, 0.2) is 53.5 Å². The molecule has 0 radical (unpaired) electrons. The summed E-state index contributed by atoms with van der Waals surface area (Å²) in [6, 6.07) is 7.38. The molecule has 18 heavy (non-hydrogen) atoms. The van der Waals surface area contributed by atoms with Gasteiger partial charge in [0.2, 0.25) is 0 Å². The van der Waals surface area contributed by atoms with Gasteiger partial charge in [0, 0.05) is 4.91 Å². The maximum absolute atomic E-state index is 9.15. The van der Waals surface area contributed by atoms with Gasteiger partial charge in [-0.2, -0.15) is 5.26 Å². The Morgan fingerprint density at radius 3 is 2.67 bits per heavy atom. The van der Waals surface area contributed by atoms with E-state index in [4.69, 9.17) is 16.3 Å². The standard InChI is InChI=1S/C14H10N4/c15-9-13-3-1-2-4-14(13)12-7-5-11(6-8-12)10-17-18-16/h1-8H,10H2/i5D,6D,7D,8D. The van der Waals surface area contributed by atoms with E-state index in [2.05, 4.69) is 10.0 Å². The van der Waals surface area contributed by atoms with Crippen molar-refractivity contribution in [2.24, 2.45) is 5.11 Å². The fourth-order valence-electron chi connectivity index (χ4n) is 1.45. The van der Waals surface area contributed by atoms with Gasteiger partial charge in [0.1, 0.15) is 0 Å². The minimum Gasteiger partial charge on any atom is -0.192 e. The molecule has 0 spiro atoms. The molecule has 0 N–H and O–H groups in total. The average Bonchev–Trinajstić information content (AvgIpc) is 2.54. The fraction of sp³-hybridized carbons (Fsp3) is 0.0714. The van der Waals surface area contributed by atoms with Gasteiger partial charge < -0.3 is 0 Å². The third kappa shape index (κ3) is 2.49. The highest BCUT2D eigenvalue weighted by Crippen LogP contribution is 2.23. The first-order valence-electron chi connectivity index (χ1n) is 7.12. The minimum absolute atomic E-state index is 0.0333. The lowest BCUT2D eigenvalue weighted by atomic mass is 9.99. The molecule has 0 heterocycles. The Bertz CT molecular complexity index is 806. The second kappa shape index (κ2) is 5.53. The van der Waals surface area contributed by atoms with E-state index in [-0.39, 0.29) is 47.4 Å². The summed E-state index contributed by atoms with van der Waals surface area (Å²) in [6.07, 6.45) is 0. The van der Waals surface area contributed by atoms with E-state index in [1.807, 2.05) is 6.07 Å². The summed E-state index contributed by atoms with van der Waals surface area (Å²) < 4.78 is 32.1. The molecule has 0 aromatic heterocycles. The maximum Gasteiger partial charge on any atom is 0.0998 e. The summed E-state index contributed by atoms with van der Waals surface area (Å²) >= 11 is 0. The molecule has 0 unspecified atom stereocenters. The number of nitrogens with zero attached hydrogens (tertiary/aromatic N) is 4. The third-order valence-corrected chi connectivity index (χ3v) is 2.29. The molecule has 0 aliphatic carbocycles. The lowest BCUT2D eigenvalue weighted by Gasteiger charge is -2.04. The van der Waals surface area contributed by atoms with Crippen LogP contribution in [-0.2, 0) is 6.54 Å². The van der Waals surface area contributed by atoms with Gasteiger partial charge in [0.05, 0.1) is 23.7 Å². The Kier molecular flexibility index (Phi) is 2.32. The number of hydrogen-bond acceptors (Lipinski definition) is 2. The minimum atomic E-state index is -0.267. The van der Waals surface area contributed by atoms with Crippen molar-refractivity contribution in [3.05, 3.63) is 70.0 Å². The fourth-order valence-corrected chi connectivity index (χ4v) is 1.45. The van der Waals surface area contributed by atoms with E-state index < -0.39 is 0 Å². The van der Waals surface area contributed by atoms with Gasteiger partial charge >= 0.3 is 0 Å². The number of azide groups is 1. The first-order valence-corrected chi connectivity index (χ1v) is 5.12. The highest BCUT2D eigenvalue weighted by molar-refractivity contribution is 5.70. The molecule has 2 aromatic carbocycles. The molecular weight excluding hydrogens is 224 g/mol. The van der Waals surface area contributed by atoms with Gasteiger partial charge in [-0.05, 0) is 28.3 Å². The molecular formula is C14H10N4. The lowest BCUT2D eigenvalue weighted by Crippen LogP contribution is -1.85. The molecule has 2 aromatic rings. The first-order chi connectivity index (χ1) is 10.5. The molecule has 0 aliphatic heterocycles. The summed E-state index contributed by atoms with van der Waals surface area (Å²) in [6.45, 7) is -0.258. The van der Waals surface area contributed by atoms with E-state index in [9.17, 15) is 0 Å². The molecule has 0 fully saturated rings. The van der Waals surface area contributed by atoms with Crippen LogP contribution in [0.2, 0.25) is 0 Å². The molecule has 86 valence electrons. The van der Waals surface area contributed by atoms with Crippen LogP contribution >= 0.6 is 0 Å².